The molecule has 4 nitrogen and oxygen atoms in total. The Morgan fingerprint density at radius 3 is 2.89 bits per heavy atom. The lowest BCUT2D eigenvalue weighted by atomic mass is 9.80. The van der Waals surface area contributed by atoms with Crippen LogP contribution in [0.2, 0.25) is 0 Å². The normalized spacial score (nSPS) is 20.9. The zero-order valence-corrected chi connectivity index (χ0v) is 11.5. The highest BCUT2D eigenvalue weighted by Crippen LogP contribution is 2.43. The van der Waals surface area contributed by atoms with E-state index in [4.69, 9.17) is 5.84 Å². The summed E-state index contributed by atoms with van der Waals surface area (Å²) in [7, 11) is 0. The van der Waals surface area contributed by atoms with E-state index in [1.807, 2.05) is 4.90 Å². The second-order valence-electron chi connectivity index (χ2n) is 5.77. The summed E-state index contributed by atoms with van der Waals surface area (Å²) in [5.41, 5.74) is 3.84. The number of benzene rings is 1. The number of rotatable bonds is 2. The molecule has 0 bridgehead atoms. The quantitative estimate of drug-likeness (QED) is 0.488. The van der Waals surface area contributed by atoms with Gasteiger partial charge in [0, 0.05) is 11.2 Å². The lowest BCUT2D eigenvalue weighted by molar-refractivity contribution is -0.120. The molecule has 1 amide bonds. The topological polar surface area (TPSA) is 58.4 Å². The molecule has 5 heteroatoms. The van der Waals surface area contributed by atoms with Gasteiger partial charge in [-0.1, -0.05) is 6.92 Å². The molecule has 0 spiro atoms. The fourth-order valence-electron chi connectivity index (χ4n) is 2.95. The number of carbonyl (C=O) groups excluding carboxylic acids is 1. The smallest absolute Gasteiger partial charge is 0.253 e. The number of anilines is 1. The Morgan fingerprint density at radius 2 is 2.26 bits per heavy atom. The third-order valence-corrected chi connectivity index (χ3v) is 3.81. The predicted octanol–water partition coefficient (Wildman–Crippen LogP) is 1.91. The number of nitrogens with zero attached hydrogens (tertiary/aromatic N) is 1. The number of nitrogens with one attached hydrogen (secondary N) is 1. The van der Waals surface area contributed by atoms with Crippen LogP contribution in [0.4, 0.5) is 10.1 Å². The molecule has 3 N–H and O–H groups in total. The Hall–Kier alpha value is -1.62. The Balaban J connectivity index is 2.45. The van der Waals surface area contributed by atoms with Gasteiger partial charge in [0.25, 0.3) is 5.91 Å². The second kappa shape index (κ2) is 4.81. The van der Waals surface area contributed by atoms with Crippen molar-refractivity contribution in [2.45, 2.75) is 38.6 Å². The minimum Gasteiger partial charge on any atom is -0.357 e. The number of hydrazine groups is 1. The molecule has 1 aliphatic heterocycles. The molecule has 104 valence electrons. The Labute approximate surface area is 112 Å². The van der Waals surface area contributed by atoms with Crippen molar-refractivity contribution in [2.24, 2.45) is 5.84 Å². The molecule has 0 radical (unpaired) electrons. The maximum Gasteiger partial charge on any atom is 0.253 e. The van der Waals surface area contributed by atoms with Gasteiger partial charge in [-0.2, -0.15) is 0 Å². The SMILES string of the molecule is CC1CC(C)(C)N(CC(=O)NN)c2ccc(F)cc21. The molecule has 1 atom stereocenters. The van der Waals surface area contributed by atoms with E-state index >= 15 is 0 Å². The van der Waals surface area contributed by atoms with E-state index in [9.17, 15) is 9.18 Å². The van der Waals surface area contributed by atoms with Crippen LogP contribution in [0.25, 0.3) is 0 Å². The van der Waals surface area contributed by atoms with E-state index in [0.717, 1.165) is 17.7 Å². The highest BCUT2D eigenvalue weighted by molar-refractivity contribution is 5.82. The maximum atomic E-state index is 13.4. The molecule has 0 saturated heterocycles. The van der Waals surface area contributed by atoms with Crippen molar-refractivity contribution in [1.29, 1.82) is 0 Å². The van der Waals surface area contributed by atoms with Gasteiger partial charge in [-0.15, -0.1) is 0 Å². The van der Waals surface area contributed by atoms with Crippen molar-refractivity contribution in [3.63, 3.8) is 0 Å². The van der Waals surface area contributed by atoms with Crippen molar-refractivity contribution < 1.29 is 9.18 Å². The summed E-state index contributed by atoms with van der Waals surface area (Å²) in [6, 6.07) is 4.73. The van der Waals surface area contributed by atoms with Crippen molar-refractivity contribution in [3.8, 4) is 0 Å². The number of nitrogens with two attached hydrogens (primary N) is 1. The van der Waals surface area contributed by atoms with E-state index in [1.165, 1.54) is 6.07 Å². The van der Waals surface area contributed by atoms with E-state index in [2.05, 4.69) is 26.2 Å². The van der Waals surface area contributed by atoms with Gasteiger partial charge in [0.15, 0.2) is 0 Å². The minimum absolute atomic E-state index is 0.170. The molecule has 1 aliphatic rings. The second-order valence-corrected chi connectivity index (χ2v) is 5.77. The monoisotopic (exact) mass is 265 g/mol. The van der Waals surface area contributed by atoms with Crippen molar-refractivity contribution in [3.05, 3.63) is 29.6 Å². The first-order valence-corrected chi connectivity index (χ1v) is 6.41. The highest BCUT2D eigenvalue weighted by Gasteiger charge is 2.37. The van der Waals surface area contributed by atoms with Crippen LogP contribution in [0.15, 0.2) is 18.2 Å². The molecule has 1 aromatic carbocycles. The minimum atomic E-state index is -0.252. The fraction of sp³-hybridized carbons (Fsp3) is 0.500. The summed E-state index contributed by atoms with van der Waals surface area (Å²) in [6.07, 6.45) is 0.862. The third-order valence-electron chi connectivity index (χ3n) is 3.81. The van der Waals surface area contributed by atoms with Crippen molar-refractivity contribution >= 4 is 11.6 Å². The van der Waals surface area contributed by atoms with Crippen LogP contribution >= 0.6 is 0 Å². The number of amides is 1. The van der Waals surface area contributed by atoms with Crippen LogP contribution in [0, 0.1) is 5.82 Å². The Kier molecular flexibility index (Phi) is 3.49. The lowest BCUT2D eigenvalue weighted by Gasteiger charge is -2.47. The number of fused-ring (bicyclic) bond motifs is 1. The molecular formula is C14H20FN3O. The standard InChI is InChI=1S/C14H20FN3O/c1-9-7-14(2,3)18(8-13(19)17-16)12-5-4-10(15)6-11(9)12/h4-6,9H,7-8,16H2,1-3H3,(H,17,19). The zero-order chi connectivity index (χ0) is 14.2. The summed E-state index contributed by atoms with van der Waals surface area (Å²) < 4.78 is 13.4. The van der Waals surface area contributed by atoms with Crippen LogP contribution in [0.1, 0.15) is 38.7 Å². The van der Waals surface area contributed by atoms with Crippen LogP contribution < -0.4 is 16.2 Å². The molecule has 1 heterocycles. The number of halogens is 1. The number of carbonyl (C=O) groups is 1. The molecular weight excluding hydrogens is 245 g/mol. The first-order valence-electron chi connectivity index (χ1n) is 6.41. The first kappa shape index (κ1) is 13.8. The molecule has 1 aromatic rings. The van der Waals surface area contributed by atoms with Gasteiger partial charge in [-0.05, 0) is 49.9 Å². The third kappa shape index (κ3) is 2.56. The van der Waals surface area contributed by atoms with Crippen molar-refractivity contribution in [2.75, 3.05) is 11.4 Å². The van der Waals surface area contributed by atoms with Gasteiger partial charge in [-0.3, -0.25) is 10.2 Å². The average Bonchev–Trinajstić information content (AvgIpc) is 2.34. The van der Waals surface area contributed by atoms with Crippen LogP contribution in [0.3, 0.4) is 0 Å². The molecule has 1 unspecified atom stereocenters. The summed E-state index contributed by atoms with van der Waals surface area (Å²) in [6.45, 7) is 6.43. The van der Waals surface area contributed by atoms with E-state index < -0.39 is 0 Å². The molecule has 2 rings (SSSR count). The van der Waals surface area contributed by atoms with Gasteiger partial charge < -0.3 is 4.90 Å². The molecule has 0 aromatic heterocycles. The van der Waals surface area contributed by atoms with Gasteiger partial charge in [-0.25, -0.2) is 10.2 Å². The molecule has 0 fully saturated rings. The highest BCUT2D eigenvalue weighted by atomic mass is 19.1. The van der Waals surface area contributed by atoms with E-state index in [0.29, 0.717) is 0 Å². The Morgan fingerprint density at radius 1 is 1.58 bits per heavy atom. The van der Waals surface area contributed by atoms with Crippen LogP contribution in [0.5, 0.6) is 0 Å². The van der Waals surface area contributed by atoms with Crippen LogP contribution in [-0.4, -0.2) is 18.0 Å². The van der Waals surface area contributed by atoms with E-state index in [1.54, 1.807) is 12.1 Å². The first-order chi connectivity index (χ1) is 8.85. The molecule has 19 heavy (non-hydrogen) atoms. The van der Waals surface area contributed by atoms with Crippen molar-refractivity contribution in [1.82, 2.24) is 5.43 Å². The molecule has 0 aliphatic carbocycles. The Bertz CT molecular complexity index is 501. The van der Waals surface area contributed by atoms with Gasteiger partial charge in [0.05, 0.1) is 6.54 Å². The summed E-state index contributed by atoms with van der Waals surface area (Å²) in [5.74, 6) is 4.93. The summed E-state index contributed by atoms with van der Waals surface area (Å²) in [4.78, 5) is 13.6. The maximum absolute atomic E-state index is 13.4. The fourth-order valence-corrected chi connectivity index (χ4v) is 2.95. The average molecular weight is 265 g/mol. The number of hydrogen-bond acceptors (Lipinski definition) is 3. The molecule has 0 saturated carbocycles. The van der Waals surface area contributed by atoms with Gasteiger partial charge in [0.2, 0.25) is 0 Å². The summed E-state index contributed by atoms with van der Waals surface area (Å²) in [5, 5.41) is 0. The largest absolute Gasteiger partial charge is 0.357 e. The number of hydrogen-bond donors (Lipinski definition) is 2. The van der Waals surface area contributed by atoms with Crippen LogP contribution in [-0.2, 0) is 4.79 Å². The van der Waals surface area contributed by atoms with Gasteiger partial charge >= 0.3 is 0 Å². The van der Waals surface area contributed by atoms with E-state index in [-0.39, 0.29) is 29.7 Å². The summed E-state index contributed by atoms with van der Waals surface area (Å²) >= 11 is 0. The zero-order valence-electron chi connectivity index (χ0n) is 11.5. The predicted molar refractivity (Wildman–Crippen MR) is 73.2 cm³/mol. The van der Waals surface area contributed by atoms with Gasteiger partial charge in [0.1, 0.15) is 5.82 Å². The lowest BCUT2D eigenvalue weighted by Crippen LogP contribution is -2.53.